The maximum Gasteiger partial charge on any atom is 0.214 e. The number of nitrogens with zero attached hydrogens (tertiary/aromatic N) is 4. The van der Waals surface area contributed by atoms with Crippen molar-refractivity contribution in [2.45, 2.75) is 5.16 Å². The lowest BCUT2D eigenvalue weighted by molar-refractivity contribution is 0.342. The number of rotatable bonds is 7. The molecule has 6 nitrogen and oxygen atoms in total. The van der Waals surface area contributed by atoms with Crippen LogP contribution in [0.2, 0.25) is 5.02 Å². The molecule has 0 spiro atoms. The third-order valence-corrected chi connectivity index (χ3v) is 4.29. The summed E-state index contributed by atoms with van der Waals surface area (Å²) < 4.78 is 12.5. The smallest absolute Gasteiger partial charge is 0.214 e. The molecule has 0 saturated heterocycles. The second kappa shape index (κ2) is 8.03. The molecule has 0 N–H and O–H groups in total. The van der Waals surface area contributed by atoms with E-state index in [1.807, 2.05) is 36.4 Å². The first-order valence-electron chi connectivity index (χ1n) is 7.20. The quantitative estimate of drug-likeness (QED) is 0.473. The van der Waals surface area contributed by atoms with Crippen LogP contribution in [0.4, 0.5) is 0 Å². The van der Waals surface area contributed by atoms with E-state index >= 15 is 0 Å². The Morgan fingerprint density at radius 1 is 1.04 bits per heavy atom. The number of hydrogen-bond acceptors (Lipinski definition) is 6. The van der Waals surface area contributed by atoms with E-state index in [4.69, 9.17) is 21.1 Å². The highest BCUT2D eigenvalue weighted by atomic mass is 35.5. The van der Waals surface area contributed by atoms with Crippen LogP contribution in [-0.4, -0.2) is 39.7 Å². The van der Waals surface area contributed by atoms with E-state index in [2.05, 4.69) is 15.5 Å². The zero-order chi connectivity index (χ0) is 16.8. The van der Waals surface area contributed by atoms with Crippen LogP contribution < -0.4 is 9.47 Å². The summed E-state index contributed by atoms with van der Waals surface area (Å²) in [4.78, 5) is 0. The number of hydrogen-bond donors (Lipinski definition) is 0. The number of halogens is 1. The molecule has 2 aromatic carbocycles. The molecule has 0 aliphatic rings. The predicted molar refractivity (Wildman–Crippen MR) is 93.4 cm³/mol. The Hall–Kier alpha value is -2.25. The van der Waals surface area contributed by atoms with Gasteiger partial charge in [0.05, 0.1) is 19.4 Å². The molecule has 3 rings (SSSR count). The lowest BCUT2D eigenvalue weighted by Crippen LogP contribution is -2.03. The van der Waals surface area contributed by atoms with Crippen LogP contribution >= 0.6 is 23.4 Å². The fraction of sp³-hybridized carbons (Fsp3) is 0.188. The average molecular weight is 363 g/mol. The summed E-state index contributed by atoms with van der Waals surface area (Å²) >= 11 is 7.43. The highest BCUT2D eigenvalue weighted by molar-refractivity contribution is 7.99. The van der Waals surface area contributed by atoms with Crippen LogP contribution in [0.25, 0.3) is 5.69 Å². The minimum Gasteiger partial charge on any atom is -0.497 e. The molecule has 1 heterocycles. The van der Waals surface area contributed by atoms with E-state index in [1.165, 1.54) is 11.8 Å². The van der Waals surface area contributed by atoms with Gasteiger partial charge in [0.15, 0.2) is 0 Å². The van der Waals surface area contributed by atoms with Crippen molar-refractivity contribution in [1.29, 1.82) is 0 Å². The molecule has 0 saturated carbocycles. The second-order valence-electron chi connectivity index (χ2n) is 4.72. The maximum atomic E-state index is 5.90. The summed E-state index contributed by atoms with van der Waals surface area (Å²) in [6.07, 6.45) is 0. The van der Waals surface area contributed by atoms with Gasteiger partial charge < -0.3 is 9.47 Å². The fourth-order valence-corrected chi connectivity index (χ4v) is 2.81. The molecule has 0 bridgehead atoms. The molecule has 0 fully saturated rings. The number of benzene rings is 2. The van der Waals surface area contributed by atoms with Crippen LogP contribution in [-0.2, 0) is 0 Å². The third-order valence-electron chi connectivity index (χ3n) is 3.15. The third kappa shape index (κ3) is 4.18. The molecule has 0 aliphatic carbocycles. The molecule has 0 aliphatic heterocycles. The average Bonchev–Trinajstić information content (AvgIpc) is 3.08. The Labute approximate surface area is 148 Å². The zero-order valence-corrected chi connectivity index (χ0v) is 14.5. The molecule has 124 valence electrons. The van der Waals surface area contributed by atoms with Crippen molar-refractivity contribution in [3.05, 3.63) is 53.6 Å². The summed E-state index contributed by atoms with van der Waals surface area (Å²) in [6, 6.07) is 14.8. The summed E-state index contributed by atoms with van der Waals surface area (Å²) in [5, 5.41) is 13.2. The lowest BCUT2D eigenvalue weighted by Gasteiger charge is -2.07. The summed E-state index contributed by atoms with van der Waals surface area (Å²) in [7, 11) is 1.64. The van der Waals surface area contributed by atoms with Crippen molar-refractivity contribution in [3.8, 4) is 17.2 Å². The Balaban J connectivity index is 1.54. The van der Waals surface area contributed by atoms with E-state index in [1.54, 1.807) is 23.9 Å². The molecular formula is C16H15ClN4O2S. The van der Waals surface area contributed by atoms with Gasteiger partial charge >= 0.3 is 0 Å². The number of ether oxygens (including phenoxy) is 2. The maximum absolute atomic E-state index is 5.90. The highest BCUT2D eigenvalue weighted by Gasteiger charge is 2.09. The Morgan fingerprint density at radius 2 is 1.75 bits per heavy atom. The predicted octanol–water partition coefficient (Wildman–Crippen LogP) is 3.50. The van der Waals surface area contributed by atoms with Gasteiger partial charge in [-0.3, -0.25) is 0 Å². The standard InChI is InChI=1S/C16H15ClN4O2S/c1-22-14-6-8-15(9-7-14)23-10-11-24-16-18-19-20-21(16)13-4-2-12(17)3-5-13/h2-9H,10-11H2,1H3. The zero-order valence-electron chi connectivity index (χ0n) is 12.9. The first kappa shape index (κ1) is 16.6. The Kier molecular flexibility index (Phi) is 5.55. The first-order chi connectivity index (χ1) is 11.8. The Morgan fingerprint density at radius 3 is 2.46 bits per heavy atom. The molecule has 1 aromatic heterocycles. The lowest BCUT2D eigenvalue weighted by atomic mass is 10.3. The molecule has 8 heteroatoms. The number of methoxy groups -OCH3 is 1. The van der Waals surface area contributed by atoms with Gasteiger partial charge in [-0.2, -0.15) is 4.68 Å². The van der Waals surface area contributed by atoms with Crippen molar-refractivity contribution in [2.75, 3.05) is 19.5 Å². The van der Waals surface area contributed by atoms with Gasteiger partial charge in [-0.15, -0.1) is 5.10 Å². The molecule has 24 heavy (non-hydrogen) atoms. The van der Waals surface area contributed by atoms with Gasteiger partial charge in [0.2, 0.25) is 5.16 Å². The Bertz CT molecular complexity index is 778. The van der Waals surface area contributed by atoms with Gasteiger partial charge in [0.1, 0.15) is 11.5 Å². The van der Waals surface area contributed by atoms with Crippen LogP contribution in [0.5, 0.6) is 11.5 Å². The van der Waals surface area contributed by atoms with E-state index in [9.17, 15) is 0 Å². The minimum atomic E-state index is 0.546. The number of tetrazole rings is 1. The van der Waals surface area contributed by atoms with Crippen molar-refractivity contribution in [3.63, 3.8) is 0 Å². The van der Waals surface area contributed by atoms with Gasteiger partial charge in [-0.25, -0.2) is 0 Å². The van der Waals surface area contributed by atoms with Crippen molar-refractivity contribution >= 4 is 23.4 Å². The van der Waals surface area contributed by atoms with Crippen molar-refractivity contribution in [1.82, 2.24) is 20.2 Å². The van der Waals surface area contributed by atoms with Gasteiger partial charge in [0, 0.05) is 10.8 Å². The van der Waals surface area contributed by atoms with Crippen molar-refractivity contribution < 1.29 is 9.47 Å². The second-order valence-corrected chi connectivity index (χ2v) is 6.22. The van der Waals surface area contributed by atoms with E-state index in [-0.39, 0.29) is 0 Å². The molecular weight excluding hydrogens is 348 g/mol. The molecule has 0 unspecified atom stereocenters. The van der Waals surface area contributed by atoms with Gasteiger partial charge in [-0.05, 0) is 59.0 Å². The van der Waals surface area contributed by atoms with Crippen LogP contribution in [0.1, 0.15) is 0 Å². The van der Waals surface area contributed by atoms with Crippen LogP contribution in [0.15, 0.2) is 53.7 Å². The summed E-state index contributed by atoms with van der Waals surface area (Å²) in [5.41, 5.74) is 0.864. The minimum absolute atomic E-state index is 0.546. The normalized spacial score (nSPS) is 10.6. The summed E-state index contributed by atoms with van der Waals surface area (Å²) in [6.45, 7) is 0.546. The van der Waals surface area contributed by atoms with Crippen LogP contribution in [0.3, 0.4) is 0 Å². The van der Waals surface area contributed by atoms with E-state index in [0.717, 1.165) is 22.9 Å². The SMILES string of the molecule is COc1ccc(OCCSc2nnnn2-c2ccc(Cl)cc2)cc1. The molecule has 3 aromatic rings. The summed E-state index contributed by atoms with van der Waals surface area (Å²) in [5.74, 6) is 2.33. The molecule has 0 amide bonds. The number of thioether (sulfide) groups is 1. The van der Waals surface area contributed by atoms with Crippen molar-refractivity contribution in [2.24, 2.45) is 0 Å². The van der Waals surface area contributed by atoms with Gasteiger partial charge in [-0.1, -0.05) is 23.4 Å². The van der Waals surface area contributed by atoms with E-state index < -0.39 is 0 Å². The van der Waals surface area contributed by atoms with E-state index in [0.29, 0.717) is 16.8 Å². The highest BCUT2D eigenvalue weighted by Crippen LogP contribution is 2.21. The largest absolute Gasteiger partial charge is 0.497 e. The fourth-order valence-electron chi connectivity index (χ4n) is 1.98. The molecule has 0 atom stereocenters. The van der Waals surface area contributed by atoms with Crippen LogP contribution in [0, 0.1) is 0 Å². The monoisotopic (exact) mass is 362 g/mol. The van der Waals surface area contributed by atoms with Gasteiger partial charge in [0.25, 0.3) is 0 Å². The number of aromatic nitrogens is 4. The first-order valence-corrected chi connectivity index (χ1v) is 8.56. The molecule has 0 radical (unpaired) electrons. The topological polar surface area (TPSA) is 62.1 Å².